The minimum atomic E-state index is -3.47. The van der Waals surface area contributed by atoms with Gasteiger partial charge in [-0.2, -0.15) is 0 Å². The summed E-state index contributed by atoms with van der Waals surface area (Å²) < 4.78 is 26.0. The van der Waals surface area contributed by atoms with Crippen molar-refractivity contribution in [1.82, 2.24) is 5.32 Å². The molecule has 4 nitrogen and oxygen atoms in total. The van der Waals surface area contributed by atoms with Crippen molar-refractivity contribution in [2.45, 2.75) is 13.3 Å². The summed E-state index contributed by atoms with van der Waals surface area (Å²) in [5.41, 5.74) is 0.228. The van der Waals surface area contributed by atoms with Crippen molar-refractivity contribution < 1.29 is 8.42 Å². The Kier molecular flexibility index (Phi) is 6.69. The molecule has 0 aliphatic heterocycles. The number of nitrogens with one attached hydrogen (secondary N) is 2. The maximum absolute atomic E-state index is 11.8. The molecular formula is C11H15Cl3N2O2S. The van der Waals surface area contributed by atoms with Crippen molar-refractivity contribution in [2.75, 3.05) is 23.6 Å². The van der Waals surface area contributed by atoms with Crippen LogP contribution >= 0.6 is 34.8 Å². The zero-order chi connectivity index (χ0) is 14.5. The van der Waals surface area contributed by atoms with Crippen LogP contribution in [0.2, 0.25) is 15.1 Å². The van der Waals surface area contributed by atoms with Crippen molar-refractivity contribution in [3.63, 3.8) is 0 Å². The predicted molar refractivity (Wildman–Crippen MR) is 82.0 cm³/mol. The van der Waals surface area contributed by atoms with Gasteiger partial charge in [0, 0.05) is 6.54 Å². The summed E-state index contributed by atoms with van der Waals surface area (Å²) in [5, 5.41) is 3.74. The van der Waals surface area contributed by atoms with Gasteiger partial charge >= 0.3 is 0 Å². The molecule has 0 aliphatic carbocycles. The van der Waals surface area contributed by atoms with E-state index < -0.39 is 10.0 Å². The summed E-state index contributed by atoms with van der Waals surface area (Å²) >= 11 is 17.5. The van der Waals surface area contributed by atoms with E-state index in [2.05, 4.69) is 10.0 Å². The minimum Gasteiger partial charge on any atom is -0.316 e. The summed E-state index contributed by atoms with van der Waals surface area (Å²) in [6.45, 7) is 3.17. The number of halogens is 3. The number of hydrogen-bond acceptors (Lipinski definition) is 3. The van der Waals surface area contributed by atoms with Gasteiger partial charge in [0.1, 0.15) is 0 Å². The fraction of sp³-hybridized carbons (Fsp3) is 0.455. The fourth-order valence-corrected chi connectivity index (χ4v) is 3.00. The van der Waals surface area contributed by atoms with Gasteiger partial charge in [-0.1, -0.05) is 41.7 Å². The van der Waals surface area contributed by atoms with Gasteiger partial charge in [0.15, 0.2) is 0 Å². The summed E-state index contributed by atoms with van der Waals surface area (Å²) in [4.78, 5) is 0. The first-order chi connectivity index (χ1) is 8.85. The molecule has 0 spiro atoms. The fourth-order valence-electron chi connectivity index (χ4n) is 1.33. The molecule has 0 aliphatic rings. The van der Waals surface area contributed by atoms with Gasteiger partial charge in [0.05, 0.1) is 26.5 Å². The molecule has 19 heavy (non-hydrogen) atoms. The molecule has 0 fully saturated rings. The highest BCUT2D eigenvalue weighted by molar-refractivity contribution is 7.92. The van der Waals surface area contributed by atoms with Crippen molar-refractivity contribution in [3.05, 3.63) is 27.2 Å². The number of rotatable bonds is 7. The highest BCUT2D eigenvalue weighted by Gasteiger charge is 2.13. The number of anilines is 1. The van der Waals surface area contributed by atoms with Crippen LogP contribution in [0.4, 0.5) is 5.69 Å². The summed E-state index contributed by atoms with van der Waals surface area (Å²) in [7, 11) is -3.47. The standard InChI is InChI=1S/C11H15Cl3N2O2S/c1-2-3-15-4-5-19(17,18)16-11-7-9(13)8(12)6-10(11)14/h6-7,15-16H,2-5H2,1H3. The van der Waals surface area contributed by atoms with E-state index in [9.17, 15) is 8.42 Å². The molecule has 0 atom stereocenters. The van der Waals surface area contributed by atoms with Crippen LogP contribution in [0.25, 0.3) is 0 Å². The predicted octanol–water partition coefficient (Wildman–Crippen LogP) is 3.39. The summed E-state index contributed by atoms with van der Waals surface area (Å²) in [6, 6.07) is 2.79. The Hall–Kier alpha value is -0.200. The first-order valence-electron chi connectivity index (χ1n) is 5.71. The Balaban J connectivity index is 2.70. The van der Waals surface area contributed by atoms with Crippen molar-refractivity contribution in [1.29, 1.82) is 0 Å². The van der Waals surface area contributed by atoms with Gasteiger partial charge in [-0.15, -0.1) is 0 Å². The quantitative estimate of drug-likeness (QED) is 0.588. The van der Waals surface area contributed by atoms with Crippen LogP contribution < -0.4 is 10.0 Å². The van der Waals surface area contributed by atoms with Gasteiger partial charge in [-0.05, 0) is 25.1 Å². The minimum absolute atomic E-state index is 0.0381. The highest BCUT2D eigenvalue weighted by atomic mass is 35.5. The first kappa shape index (κ1) is 16.9. The van der Waals surface area contributed by atoms with E-state index in [4.69, 9.17) is 34.8 Å². The van der Waals surface area contributed by atoms with E-state index in [1.807, 2.05) is 6.92 Å². The van der Waals surface area contributed by atoms with Crippen LogP contribution in [-0.4, -0.2) is 27.3 Å². The van der Waals surface area contributed by atoms with Crippen LogP contribution in [0, 0.1) is 0 Å². The summed E-state index contributed by atoms with van der Waals surface area (Å²) in [5.74, 6) is -0.0381. The Morgan fingerprint density at radius 2 is 1.68 bits per heavy atom. The molecule has 0 radical (unpaired) electrons. The third kappa shape index (κ3) is 5.75. The molecule has 0 unspecified atom stereocenters. The van der Waals surface area contributed by atoms with E-state index >= 15 is 0 Å². The second-order valence-corrected chi connectivity index (χ2v) is 6.98. The van der Waals surface area contributed by atoms with Crippen LogP contribution in [0.5, 0.6) is 0 Å². The van der Waals surface area contributed by atoms with Gasteiger partial charge in [-0.25, -0.2) is 8.42 Å². The van der Waals surface area contributed by atoms with Crippen LogP contribution in [0.15, 0.2) is 12.1 Å². The molecule has 0 heterocycles. The molecule has 0 aromatic heterocycles. The van der Waals surface area contributed by atoms with Crippen molar-refractivity contribution in [2.24, 2.45) is 0 Å². The first-order valence-corrected chi connectivity index (χ1v) is 8.50. The van der Waals surface area contributed by atoms with Crippen LogP contribution in [-0.2, 0) is 10.0 Å². The van der Waals surface area contributed by atoms with Gasteiger partial charge in [-0.3, -0.25) is 4.72 Å². The van der Waals surface area contributed by atoms with E-state index in [0.717, 1.165) is 13.0 Å². The maximum Gasteiger partial charge on any atom is 0.234 e. The maximum atomic E-state index is 11.8. The monoisotopic (exact) mass is 344 g/mol. The van der Waals surface area contributed by atoms with E-state index in [1.165, 1.54) is 12.1 Å². The van der Waals surface area contributed by atoms with E-state index in [-0.39, 0.29) is 26.5 Å². The molecule has 108 valence electrons. The van der Waals surface area contributed by atoms with Crippen LogP contribution in [0.3, 0.4) is 0 Å². The average Bonchev–Trinajstić information content (AvgIpc) is 2.31. The van der Waals surface area contributed by atoms with E-state index in [0.29, 0.717) is 6.54 Å². The lowest BCUT2D eigenvalue weighted by Gasteiger charge is -2.11. The topological polar surface area (TPSA) is 58.2 Å². The molecule has 2 N–H and O–H groups in total. The van der Waals surface area contributed by atoms with Gasteiger partial charge in [0.25, 0.3) is 0 Å². The molecule has 0 amide bonds. The lowest BCUT2D eigenvalue weighted by molar-refractivity contribution is 0.595. The second kappa shape index (κ2) is 7.55. The Labute approximate surface area is 128 Å². The molecule has 8 heteroatoms. The third-order valence-electron chi connectivity index (χ3n) is 2.25. The molecule has 1 aromatic rings. The van der Waals surface area contributed by atoms with Crippen LogP contribution in [0.1, 0.15) is 13.3 Å². The molecule has 0 saturated carbocycles. The zero-order valence-electron chi connectivity index (χ0n) is 10.3. The summed E-state index contributed by atoms with van der Waals surface area (Å²) in [6.07, 6.45) is 0.950. The van der Waals surface area contributed by atoms with Gasteiger partial charge in [0.2, 0.25) is 10.0 Å². The molecule has 1 rings (SSSR count). The lowest BCUT2D eigenvalue weighted by Crippen LogP contribution is -2.27. The lowest BCUT2D eigenvalue weighted by atomic mass is 10.3. The molecular weight excluding hydrogens is 331 g/mol. The highest BCUT2D eigenvalue weighted by Crippen LogP contribution is 2.32. The van der Waals surface area contributed by atoms with Crippen molar-refractivity contribution >= 4 is 50.5 Å². The third-order valence-corrected chi connectivity index (χ3v) is 4.56. The average molecular weight is 346 g/mol. The van der Waals surface area contributed by atoms with Gasteiger partial charge < -0.3 is 5.32 Å². The Bertz CT molecular complexity index is 535. The number of benzene rings is 1. The number of sulfonamides is 1. The van der Waals surface area contributed by atoms with E-state index in [1.54, 1.807) is 0 Å². The zero-order valence-corrected chi connectivity index (χ0v) is 13.4. The molecule has 0 bridgehead atoms. The largest absolute Gasteiger partial charge is 0.316 e. The Morgan fingerprint density at radius 3 is 2.32 bits per heavy atom. The SMILES string of the molecule is CCCNCCS(=O)(=O)Nc1cc(Cl)c(Cl)cc1Cl. The normalized spacial score (nSPS) is 11.6. The molecule has 1 aromatic carbocycles. The second-order valence-electron chi connectivity index (χ2n) is 3.92. The smallest absolute Gasteiger partial charge is 0.234 e. The number of hydrogen-bond donors (Lipinski definition) is 2. The Morgan fingerprint density at radius 1 is 1.05 bits per heavy atom. The van der Waals surface area contributed by atoms with Crippen molar-refractivity contribution in [3.8, 4) is 0 Å². The molecule has 0 saturated heterocycles.